The van der Waals surface area contributed by atoms with Crippen LogP contribution in [-0.2, 0) is 0 Å². The minimum atomic E-state index is -2.75. The van der Waals surface area contributed by atoms with Gasteiger partial charge >= 0.3 is 0 Å². The van der Waals surface area contributed by atoms with Gasteiger partial charge in [0.05, 0.1) is 11.0 Å². The van der Waals surface area contributed by atoms with E-state index in [4.69, 9.17) is 4.42 Å². The standard InChI is InChI=1S/C64H44N2OSi/c1-5-21-47(22-6-1)66-59-33-16-15-31-57(59)63-56(32-18-34-60(63)66)46-20-17-23-49(43-46)65(50-38-41-58-62(44-50)67-61-42-35-45-19-13-14-30-55(45)64(58)61)48-36-39-54(40-37-48)68(51-24-7-2-8-25-51,52-26-9-3-10-27-52)53-28-11-4-12-29-53/h1-44H. The highest BCUT2D eigenvalue weighted by Gasteiger charge is 2.41. The molecule has 2 aromatic heterocycles. The third-order valence-corrected chi connectivity index (χ3v) is 18.7. The molecule has 68 heavy (non-hydrogen) atoms. The molecule has 0 amide bonds. The highest BCUT2D eigenvalue weighted by molar-refractivity contribution is 7.19. The van der Waals surface area contributed by atoms with Crippen LogP contribution in [0.1, 0.15) is 0 Å². The van der Waals surface area contributed by atoms with Crippen LogP contribution in [0.4, 0.5) is 17.1 Å². The van der Waals surface area contributed by atoms with E-state index in [1.54, 1.807) is 0 Å². The van der Waals surface area contributed by atoms with Crippen molar-refractivity contribution in [2.75, 3.05) is 4.90 Å². The molecule has 0 unspecified atom stereocenters. The van der Waals surface area contributed by atoms with Crippen molar-refractivity contribution in [3.63, 3.8) is 0 Å². The Morgan fingerprint density at radius 2 is 0.897 bits per heavy atom. The molecule has 3 nitrogen and oxygen atoms in total. The highest BCUT2D eigenvalue weighted by Crippen LogP contribution is 2.43. The molecule has 13 aromatic rings. The fourth-order valence-electron chi connectivity index (χ4n) is 11.0. The van der Waals surface area contributed by atoms with Crippen LogP contribution in [0, 0.1) is 0 Å². The number of benzene rings is 11. The van der Waals surface area contributed by atoms with Gasteiger partial charge in [-0.2, -0.15) is 0 Å². The first-order chi connectivity index (χ1) is 33.7. The number of anilines is 3. The van der Waals surface area contributed by atoms with Gasteiger partial charge < -0.3 is 13.9 Å². The molecule has 13 rings (SSSR count). The Hall–Kier alpha value is -8.70. The first kappa shape index (κ1) is 39.6. The van der Waals surface area contributed by atoms with E-state index in [1.165, 1.54) is 58.9 Å². The lowest BCUT2D eigenvalue weighted by Crippen LogP contribution is -2.74. The molecule has 0 bridgehead atoms. The fourth-order valence-corrected chi connectivity index (χ4v) is 15.7. The van der Waals surface area contributed by atoms with Gasteiger partial charge in [-0.3, -0.25) is 0 Å². The van der Waals surface area contributed by atoms with Gasteiger partial charge in [0.2, 0.25) is 0 Å². The van der Waals surface area contributed by atoms with Crippen molar-refractivity contribution in [1.29, 1.82) is 0 Å². The molecule has 4 heteroatoms. The maximum atomic E-state index is 6.73. The number of fused-ring (bicyclic) bond motifs is 8. The average Bonchev–Trinajstić information content (AvgIpc) is 3.97. The van der Waals surface area contributed by atoms with E-state index in [2.05, 4.69) is 276 Å². The lowest BCUT2D eigenvalue weighted by molar-refractivity contribution is 0.669. The number of para-hydroxylation sites is 2. The molecule has 11 aromatic carbocycles. The second kappa shape index (κ2) is 16.3. The van der Waals surface area contributed by atoms with Crippen LogP contribution >= 0.6 is 0 Å². The normalized spacial score (nSPS) is 11.8. The maximum absolute atomic E-state index is 6.73. The predicted molar refractivity (Wildman–Crippen MR) is 289 cm³/mol. The van der Waals surface area contributed by atoms with Crippen molar-refractivity contribution in [3.8, 4) is 16.8 Å². The Kier molecular flexibility index (Phi) is 9.51. The van der Waals surface area contributed by atoms with Crippen molar-refractivity contribution >= 4 is 100 Å². The Labute approximate surface area is 396 Å². The number of aromatic nitrogens is 1. The molecular weight excluding hydrogens is 841 g/mol. The van der Waals surface area contributed by atoms with Crippen LogP contribution in [0.25, 0.3) is 71.3 Å². The van der Waals surface area contributed by atoms with Gasteiger partial charge in [0.25, 0.3) is 0 Å². The van der Waals surface area contributed by atoms with Crippen LogP contribution in [0.15, 0.2) is 271 Å². The van der Waals surface area contributed by atoms with Gasteiger partial charge in [-0.1, -0.05) is 194 Å². The summed E-state index contributed by atoms with van der Waals surface area (Å²) in [5, 5.41) is 12.5. The minimum absolute atomic E-state index is 0.855. The monoisotopic (exact) mass is 884 g/mol. The molecule has 0 atom stereocenters. The topological polar surface area (TPSA) is 21.3 Å². The van der Waals surface area contributed by atoms with Crippen LogP contribution in [0.3, 0.4) is 0 Å². The first-order valence-corrected chi connectivity index (χ1v) is 25.3. The Morgan fingerprint density at radius 1 is 0.338 bits per heavy atom. The summed E-state index contributed by atoms with van der Waals surface area (Å²) in [4.78, 5) is 2.39. The summed E-state index contributed by atoms with van der Waals surface area (Å²) in [5.41, 5.74) is 10.7. The minimum Gasteiger partial charge on any atom is -0.456 e. The van der Waals surface area contributed by atoms with Crippen LogP contribution in [-0.4, -0.2) is 12.6 Å². The zero-order valence-corrected chi connectivity index (χ0v) is 38.2. The van der Waals surface area contributed by atoms with Gasteiger partial charge in [-0.15, -0.1) is 0 Å². The molecule has 320 valence electrons. The average molecular weight is 885 g/mol. The molecule has 0 aliphatic heterocycles. The zero-order chi connectivity index (χ0) is 45.0. The molecule has 2 heterocycles. The van der Waals surface area contributed by atoms with Gasteiger partial charge in [0.1, 0.15) is 11.2 Å². The van der Waals surface area contributed by atoms with Gasteiger partial charge in [-0.25, -0.2) is 0 Å². The molecule has 0 radical (unpaired) electrons. The van der Waals surface area contributed by atoms with E-state index in [0.717, 1.165) is 50.3 Å². The summed E-state index contributed by atoms with van der Waals surface area (Å²) in [5.74, 6) is 0. The second-order valence-corrected chi connectivity index (χ2v) is 21.4. The fraction of sp³-hybridized carbons (Fsp3) is 0. The van der Waals surface area contributed by atoms with E-state index in [0.29, 0.717) is 0 Å². The maximum Gasteiger partial charge on any atom is 0.179 e. The zero-order valence-electron chi connectivity index (χ0n) is 37.2. The van der Waals surface area contributed by atoms with Gasteiger partial charge in [0, 0.05) is 50.4 Å². The SMILES string of the molecule is c1ccc(-n2c3ccccc3c3c(-c4cccc(N(c5ccc([Si](c6ccccc6)(c6ccccc6)c6ccccc6)cc5)c5ccc6c(c5)oc5ccc7ccccc7c56)c4)cccc32)cc1. The third-order valence-electron chi connectivity index (χ3n) is 13.9. The lowest BCUT2D eigenvalue weighted by Gasteiger charge is -2.35. The number of hydrogen-bond donors (Lipinski definition) is 0. The van der Waals surface area contributed by atoms with E-state index in [9.17, 15) is 0 Å². The molecule has 0 aliphatic rings. The van der Waals surface area contributed by atoms with E-state index in [1.807, 2.05) is 0 Å². The van der Waals surface area contributed by atoms with Crippen molar-refractivity contribution in [2.24, 2.45) is 0 Å². The summed E-state index contributed by atoms with van der Waals surface area (Å²) < 4.78 is 9.12. The quantitative estimate of drug-likeness (QED) is 0.106. The second-order valence-electron chi connectivity index (χ2n) is 17.6. The van der Waals surface area contributed by atoms with E-state index in [-0.39, 0.29) is 0 Å². The Bertz CT molecular complexity index is 3860. The highest BCUT2D eigenvalue weighted by atomic mass is 28.3. The lowest BCUT2D eigenvalue weighted by atomic mass is 9.98. The smallest absolute Gasteiger partial charge is 0.179 e. The molecular formula is C64H44N2OSi. The molecule has 0 spiro atoms. The number of rotatable bonds is 9. The van der Waals surface area contributed by atoms with Crippen LogP contribution < -0.4 is 25.6 Å². The molecule has 0 aliphatic carbocycles. The number of hydrogen-bond acceptors (Lipinski definition) is 2. The Balaban J connectivity index is 1.02. The predicted octanol–water partition coefficient (Wildman–Crippen LogP) is 14.4. The van der Waals surface area contributed by atoms with Crippen molar-refractivity contribution in [2.45, 2.75) is 0 Å². The van der Waals surface area contributed by atoms with Crippen molar-refractivity contribution in [3.05, 3.63) is 267 Å². The molecule has 0 saturated heterocycles. The number of nitrogens with zero attached hydrogens (tertiary/aromatic N) is 2. The van der Waals surface area contributed by atoms with Crippen molar-refractivity contribution < 1.29 is 4.42 Å². The number of furan rings is 1. The molecule has 0 N–H and O–H groups in total. The summed E-state index contributed by atoms with van der Waals surface area (Å²) >= 11 is 0. The van der Waals surface area contributed by atoms with E-state index < -0.39 is 8.07 Å². The first-order valence-electron chi connectivity index (χ1n) is 23.3. The largest absolute Gasteiger partial charge is 0.456 e. The summed E-state index contributed by atoms with van der Waals surface area (Å²) in [6.45, 7) is 0. The summed E-state index contributed by atoms with van der Waals surface area (Å²) in [6, 6.07) is 97.6. The van der Waals surface area contributed by atoms with Crippen LogP contribution in [0.2, 0.25) is 0 Å². The van der Waals surface area contributed by atoms with E-state index >= 15 is 0 Å². The molecule has 0 fully saturated rings. The molecule has 0 saturated carbocycles. The summed E-state index contributed by atoms with van der Waals surface area (Å²) in [6.07, 6.45) is 0. The summed E-state index contributed by atoms with van der Waals surface area (Å²) in [7, 11) is -2.75. The van der Waals surface area contributed by atoms with Gasteiger partial charge in [-0.05, 0) is 109 Å². The van der Waals surface area contributed by atoms with Crippen LogP contribution in [0.5, 0.6) is 0 Å². The van der Waals surface area contributed by atoms with Crippen molar-refractivity contribution in [1.82, 2.24) is 4.57 Å². The third kappa shape index (κ3) is 6.34. The Morgan fingerprint density at radius 3 is 1.60 bits per heavy atom. The van der Waals surface area contributed by atoms with Gasteiger partial charge in [0.15, 0.2) is 8.07 Å².